The standard InChI is InChI=1S/C18H17FN2O3S/c19-14-4-7-16(8-5-14)25(23,24)20-15-6-3-12-9-10-21(17(12)11-15)18(22)13-1-2-13/h3-8,11,13,20H,1-2,9-10H2. The van der Waals surface area contributed by atoms with Gasteiger partial charge >= 0.3 is 0 Å². The van der Waals surface area contributed by atoms with Crippen LogP contribution < -0.4 is 9.62 Å². The number of benzene rings is 2. The van der Waals surface area contributed by atoms with E-state index in [2.05, 4.69) is 4.72 Å². The molecular weight excluding hydrogens is 343 g/mol. The van der Waals surface area contributed by atoms with Crippen molar-refractivity contribution in [2.75, 3.05) is 16.2 Å². The highest BCUT2D eigenvalue weighted by Crippen LogP contribution is 2.37. The Morgan fingerprint density at radius 2 is 1.84 bits per heavy atom. The predicted molar refractivity (Wildman–Crippen MR) is 92.4 cm³/mol. The third-order valence-electron chi connectivity index (χ3n) is 4.55. The van der Waals surface area contributed by atoms with Gasteiger partial charge in [-0.3, -0.25) is 9.52 Å². The predicted octanol–water partition coefficient (Wildman–Crippen LogP) is 2.93. The average molecular weight is 360 g/mol. The molecule has 1 heterocycles. The van der Waals surface area contributed by atoms with E-state index in [-0.39, 0.29) is 16.7 Å². The molecule has 0 saturated heterocycles. The van der Waals surface area contributed by atoms with Crippen LogP contribution in [0.2, 0.25) is 0 Å². The van der Waals surface area contributed by atoms with Crippen molar-refractivity contribution in [3.05, 3.63) is 53.8 Å². The molecule has 25 heavy (non-hydrogen) atoms. The SMILES string of the molecule is O=C(C1CC1)N1CCc2ccc(NS(=O)(=O)c3ccc(F)cc3)cc21. The van der Waals surface area contributed by atoms with E-state index in [1.807, 2.05) is 6.07 Å². The van der Waals surface area contributed by atoms with Gasteiger partial charge in [-0.25, -0.2) is 12.8 Å². The van der Waals surface area contributed by atoms with Crippen molar-refractivity contribution >= 4 is 27.3 Å². The van der Waals surface area contributed by atoms with Gasteiger partial charge in [-0.1, -0.05) is 6.07 Å². The zero-order valence-corrected chi connectivity index (χ0v) is 14.2. The summed E-state index contributed by atoms with van der Waals surface area (Å²) in [7, 11) is -3.81. The number of anilines is 2. The average Bonchev–Trinajstić information content (AvgIpc) is 3.34. The number of nitrogens with zero attached hydrogens (tertiary/aromatic N) is 1. The van der Waals surface area contributed by atoms with Gasteiger partial charge in [0.1, 0.15) is 5.82 Å². The molecule has 0 atom stereocenters. The molecule has 1 aliphatic carbocycles. The molecule has 4 rings (SSSR count). The minimum absolute atomic E-state index is 0.0136. The fraction of sp³-hybridized carbons (Fsp3) is 0.278. The zero-order valence-electron chi connectivity index (χ0n) is 13.4. The number of nitrogens with one attached hydrogen (secondary N) is 1. The first-order valence-corrected chi connectivity index (χ1v) is 9.65. The molecule has 0 aromatic heterocycles. The van der Waals surface area contributed by atoms with Gasteiger partial charge in [0.05, 0.1) is 10.6 Å². The van der Waals surface area contributed by atoms with E-state index < -0.39 is 15.8 Å². The van der Waals surface area contributed by atoms with Crippen LogP contribution in [-0.2, 0) is 21.2 Å². The first-order valence-electron chi connectivity index (χ1n) is 8.17. The Labute approximate surface area is 145 Å². The van der Waals surface area contributed by atoms with Gasteiger partial charge in [0.15, 0.2) is 0 Å². The van der Waals surface area contributed by atoms with Crippen LogP contribution in [0.3, 0.4) is 0 Å². The van der Waals surface area contributed by atoms with Gasteiger partial charge in [-0.15, -0.1) is 0 Å². The van der Waals surface area contributed by atoms with E-state index in [1.165, 1.54) is 12.1 Å². The number of rotatable bonds is 4. The normalized spacial score (nSPS) is 16.6. The van der Waals surface area contributed by atoms with Crippen LogP contribution in [0.5, 0.6) is 0 Å². The monoisotopic (exact) mass is 360 g/mol. The molecule has 1 saturated carbocycles. The highest BCUT2D eigenvalue weighted by molar-refractivity contribution is 7.92. The number of carbonyl (C=O) groups is 1. The van der Waals surface area contributed by atoms with Gasteiger partial charge in [0, 0.05) is 18.2 Å². The van der Waals surface area contributed by atoms with Gasteiger partial charge < -0.3 is 4.90 Å². The minimum Gasteiger partial charge on any atom is -0.312 e. The molecule has 0 bridgehead atoms. The van der Waals surface area contributed by atoms with Gasteiger partial charge in [0.25, 0.3) is 10.0 Å². The van der Waals surface area contributed by atoms with Crippen molar-refractivity contribution in [2.24, 2.45) is 5.92 Å². The molecule has 1 amide bonds. The van der Waals surface area contributed by atoms with Gasteiger partial charge in [-0.05, 0) is 61.2 Å². The Morgan fingerprint density at radius 3 is 2.52 bits per heavy atom. The smallest absolute Gasteiger partial charge is 0.261 e. The summed E-state index contributed by atoms with van der Waals surface area (Å²) >= 11 is 0. The topological polar surface area (TPSA) is 66.5 Å². The second kappa shape index (κ2) is 5.84. The molecule has 1 N–H and O–H groups in total. The highest BCUT2D eigenvalue weighted by atomic mass is 32.2. The Kier molecular flexibility index (Phi) is 3.76. The summed E-state index contributed by atoms with van der Waals surface area (Å²) < 4.78 is 40.4. The van der Waals surface area contributed by atoms with Crippen molar-refractivity contribution in [1.29, 1.82) is 0 Å². The molecule has 0 unspecified atom stereocenters. The maximum absolute atomic E-state index is 13.0. The fourth-order valence-corrected chi connectivity index (χ4v) is 4.10. The molecule has 130 valence electrons. The second-order valence-corrected chi connectivity index (χ2v) is 8.10. The molecular formula is C18H17FN2O3S. The number of hydrogen-bond donors (Lipinski definition) is 1. The van der Waals surface area contributed by atoms with Crippen molar-refractivity contribution < 1.29 is 17.6 Å². The largest absolute Gasteiger partial charge is 0.312 e. The van der Waals surface area contributed by atoms with Crippen LogP contribution in [0.15, 0.2) is 47.4 Å². The zero-order chi connectivity index (χ0) is 17.6. The number of sulfonamides is 1. The lowest BCUT2D eigenvalue weighted by Gasteiger charge is -2.18. The molecule has 0 radical (unpaired) electrons. The van der Waals surface area contributed by atoms with E-state index in [1.54, 1.807) is 17.0 Å². The summed E-state index contributed by atoms with van der Waals surface area (Å²) in [5.41, 5.74) is 2.20. The van der Waals surface area contributed by atoms with Crippen LogP contribution in [0, 0.1) is 11.7 Å². The first-order chi connectivity index (χ1) is 11.9. The second-order valence-electron chi connectivity index (χ2n) is 6.42. The Balaban J connectivity index is 1.60. The van der Waals surface area contributed by atoms with Gasteiger partial charge in [0.2, 0.25) is 5.91 Å². The van der Waals surface area contributed by atoms with Crippen molar-refractivity contribution in [1.82, 2.24) is 0 Å². The lowest BCUT2D eigenvalue weighted by atomic mass is 10.1. The Morgan fingerprint density at radius 1 is 1.12 bits per heavy atom. The third-order valence-corrected chi connectivity index (χ3v) is 5.95. The van der Waals surface area contributed by atoms with Crippen molar-refractivity contribution in [2.45, 2.75) is 24.2 Å². The van der Waals surface area contributed by atoms with Crippen LogP contribution >= 0.6 is 0 Å². The number of halogens is 1. The number of fused-ring (bicyclic) bond motifs is 1. The molecule has 2 aromatic rings. The van der Waals surface area contributed by atoms with Crippen molar-refractivity contribution in [3.63, 3.8) is 0 Å². The fourth-order valence-electron chi connectivity index (χ4n) is 3.05. The number of hydrogen-bond acceptors (Lipinski definition) is 3. The summed E-state index contributed by atoms with van der Waals surface area (Å²) in [5, 5.41) is 0. The Hall–Kier alpha value is -2.41. The summed E-state index contributed by atoms with van der Waals surface area (Å²) in [6, 6.07) is 9.87. The maximum Gasteiger partial charge on any atom is 0.261 e. The van der Waals surface area contributed by atoms with E-state index >= 15 is 0 Å². The number of carbonyl (C=O) groups excluding carboxylic acids is 1. The first kappa shape index (κ1) is 16.1. The van der Waals surface area contributed by atoms with E-state index in [4.69, 9.17) is 0 Å². The minimum atomic E-state index is -3.81. The van der Waals surface area contributed by atoms with Crippen LogP contribution in [0.4, 0.5) is 15.8 Å². The molecule has 1 aliphatic heterocycles. The summed E-state index contributed by atoms with van der Waals surface area (Å²) in [6.07, 6.45) is 2.64. The van der Waals surface area contributed by atoms with E-state index in [9.17, 15) is 17.6 Å². The molecule has 0 spiro atoms. The van der Waals surface area contributed by atoms with Crippen LogP contribution in [0.1, 0.15) is 18.4 Å². The molecule has 5 nitrogen and oxygen atoms in total. The van der Waals surface area contributed by atoms with E-state index in [0.717, 1.165) is 42.6 Å². The third kappa shape index (κ3) is 3.11. The lowest BCUT2D eigenvalue weighted by molar-refractivity contribution is -0.119. The quantitative estimate of drug-likeness (QED) is 0.912. The maximum atomic E-state index is 13.0. The molecule has 7 heteroatoms. The van der Waals surface area contributed by atoms with Crippen LogP contribution in [0.25, 0.3) is 0 Å². The highest BCUT2D eigenvalue weighted by Gasteiger charge is 2.36. The van der Waals surface area contributed by atoms with Gasteiger partial charge in [-0.2, -0.15) is 0 Å². The lowest BCUT2D eigenvalue weighted by Crippen LogP contribution is -2.30. The summed E-state index contributed by atoms with van der Waals surface area (Å²) in [6.45, 7) is 0.638. The Bertz CT molecular complexity index is 937. The summed E-state index contributed by atoms with van der Waals surface area (Å²) in [5.74, 6) is -0.256. The van der Waals surface area contributed by atoms with Crippen LogP contribution in [-0.4, -0.2) is 20.9 Å². The molecule has 1 fully saturated rings. The number of amides is 1. The summed E-state index contributed by atoms with van der Waals surface area (Å²) in [4.78, 5) is 14.1. The molecule has 2 aromatic carbocycles. The van der Waals surface area contributed by atoms with E-state index in [0.29, 0.717) is 12.2 Å². The molecule has 2 aliphatic rings. The van der Waals surface area contributed by atoms with Crippen molar-refractivity contribution in [3.8, 4) is 0 Å².